The van der Waals surface area contributed by atoms with Crippen LogP contribution in [-0.4, -0.2) is 51.0 Å². The highest BCUT2D eigenvalue weighted by atomic mass is 16.5. The predicted octanol–water partition coefficient (Wildman–Crippen LogP) is 4.11. The Balaban J connectivity index is 3.56. The second-order valence-electron chi connectivity index (χ2n) is 5.48. The van der Waals surface area contributed by atoms with Crippen LogP contribution in [0.2, 0.25) is 0 Å². The van der Waals surface area contributed by atoms with Crippen molar-refractivity contribution in [3.8, 4) is 0 Å². The molecule has 0 amide bonds. The molecule has 0 fully saturated rings. The van der Waals surface area contributed by atoms with E-state index in [-0.39, 0.29) is 0 Å². The van der Waals surface area contributed by atoms with Gasteiger partial charge in [-0.15, -0.1) is 0 Å². The fourth-order valence-electron chi connectivity index (χ4n) is 2.17. The molecule has 0 spiro atoms. The Morgan fingerprint density at radius 3 is 1.60 bits per heavy atom. The van der Waals surface area contributed by atoms with Crippen LogP contribution >= 0.6 is 0 Å². The van der Waals surface area contributed by atoms with Gasteiger partial charge in [-0.2, -0.15) is 0 Å². The summed E-state index contributed by atoms with van der Waals surface area (Å²) in [7, 11) is 0. The van der Waals surface area contributed by atoms with Crippen LogP contribution in [0.4, 0.5) is 0 Å². The summed E-state index contributed by atoms with van der Waals surface area (Å²) in [6.45, 7) is 13.4. The van der Waals surface area contributed by atoms with Gasteiger partial charge in [0.05, 0.1) is 19.8 Å². The molecule has 0 aliphatic rings. The highest BCUT2D eigenvalue weighted by molar-refractivity contribution is 4.58. The predicted molar refractivity (Wildman–Crippen MR) is 87.4 cm³/mol. The third kappa shape index (κ3) is 14.3. The number of ether oxygens (including phenoxy) is 2. The molecule has 0 radical (unpaired) electrons. The van der Waals surface area contributed by atoms with Crippen LogP contribution < -0.4 is 0 Å². The molecule has 0 rings (SSSR count). The summed E-state index contributed by atoms with van der Waals surface area (Å²) in [6.07, 6.45) is 9.02. The maximum atomic E-state index is 5.66. The van der Waals surface area contributed by atoms with E-state index in [2.05, 4.69) is 25.7 Å². The molecule has 0 heterocycles. The maximum Gasteiger partial charge on any atom is 0.0701 e. The van der Waals surface area contributed by atoms with E-state index in [0.717, 1.165) is 39.4 Å². The van der Waals surface area contributed by atoms with Gasteiger partial charge in [-0.05, 0) is 32.4 Å². The van der Waals surface area contributed by atoms with E-state index in [1.165, 1.54) is 51.6 Å². The van der Waals surface area contributed by atoms with Crippen molar-refractivity contribution in [2.45, 2.75) is 65.7 Å². The number of nitrogens with zero attached hydrogens (tertiary/aromatic N) is 1. The highest BCUT2D eigenvalue weighted by Gasteiger charge is 2.04. The average molecular weight is 287 g/mol. The van der Waals surface area contributed by atoms with Gasteiger partial charge >= 0.3 is 0 Å². The Bertz CT molecular complexity index is 166. The van der Waals surface area contributed by atoms with Crippen molar-refractivity contribution < 1.29 is 9.47 Å². The van der Waals surface area contributed by atoms with E-state index in [1.54, 1.807) is 0 Å². The molecule has 3 heteroatoms. The standard InChI is InChI=1S/C17H37NO2/c1-4-7-9-11-18(12-10-8-5-2)13-15-20-17-16-19-14-6-3/h4-17H2,1-3H3. The number of rotatable bonds is 16. The highest BCUT2D eigenvalue weighted by Crippen LogP contribution is 2.02. The van der Waals surface area contributed by atoms with E-state index < -0.39 is 0 Å². The van der Waals surface area contributed by atoms with Gasteiger partial charge in [-0.1, -0.05) is 46.5 Å². The van der Waals surface area contributed by atoms with Gasteiger partial charge in [0.1, 0.15) is 0 Å². The summed E-state index contributed by atoms with van der Waals surface area (Å²) in [6, 6.07) is 0. The van der Waals surface area contributed by atoms with E-state index in [0.29, 0.717) is 0 Å². The summed E-state index contributed by atoms with van der Waals surface area (Å²) in [5, 5.41) is 0. The second-order valence-corrected chi connectivity index (χ2v) is 5.48. The molecular formula is C17H37NO2. The number of unbranched alkanes of at least 4 members (excludes halogenated alkanes) is 4. The third-order valence-corrected chi connectivity index (χ3v) is 3.43. The van der Waals surface area contributed by atoms with Gasteiger partial charge in [0, 0.05) is 13.2 Å². The fraction of sp³-hybridized carbons (Fsp3) is 1.00. The number of hydrogen-bond acceptors (Lipinski definition) is 3. The first-order chi connectivity index (χ1) is 9.85. The Kier molecular flexibility index (Phi) is 16.8. The van der Waals surface area contributed by atoms with Crippen molar-refractivity contribution in [3.63, 3.8) is 0 Å². The second kappa shape index (κ2) is 16.9. The lowest BCUT2D eigenvalue weighted by molar-refractivity contribution is 0.0384. The lowest BCUT2D eigenvalue weighted by Gasteiger charge is -2.22. The maximum absolute atomic E-state index is 5.66. The quantitative estimate of drug-likeness (QED) is 0.399. The van der Waals surface area contributed by atoms with Crippen LogP contribution in [0.3, 0.4) is 0 Å². The summed E-state index contributed by atoms with van der Waals surface area (Å²) >= 11 is 0. The van der Waals surface area contributed by atoms with Crippen molar-refractivity contribution >= 4 is 0 Å². The monoisotopic (exact) mass is 287 g/mol. The first-order valence-electron chi connectivity index (χ1n) is 8.72. The summed E-state index contributed by atoms with van der Waals surface area (Å²) in [5.41, 5.74) is 0. The number of hydrogen-bond donors (Lipinski definition) is 0. The lowest BCUT2D eigenvalue weighted by atomic mass is 10.2. The van der Waals surface area contributed by atoms with Gasteiger partial charge in [0.15, 0.2) is 0 Å². The topological polar surface area (TPSA) is 21.7 Å². The summed E-state index contributed by atoms with van der Waals surface area (Å²) in [5.74, 6) is 0. The Hall–Kier alpha value is -0.120. The SMILES string of the molecule is CCCCCN(CCCCC)CCOCCOCCC. The van der Waals surface area contributed by atoms with E-state index in [9.17, 15) is 0 Å². The van der Waals surface area contributed by atoms with Gasteiger partial charge in [0.2, 0.25) is 0 Å². The van der Waals surface area contributed by atoms with Crippen molar-refractivity contribution in [3.05, 3.63) is 0 Å². The first kappa shape index (κ1) is 19.9. The Morgan fingerprint density at radius 1 is 0.550 bits per heavy atom. The van der Waals surface area contributed by atoms with Crippen LogP contribution in [0.1, 0.15) is 65.7 Å². The van der Waals surface area contributed by atoms with E-state index >= 15 is 0 Å². The van der Waals surface area contributed by atoms with Crippen molar-refractivity contribution in [2.24, 2.45) is 0 Å². The first-order valence-corrected chi connectivity index (χ1v) is 8.72. The van der Waals surface area contributed by atoms with Crippen LogP contribution in [0.15, 0.2) is 0 Å². The molecule has 0 bridgehead atoms. The fourth-order valence-corrected chi connectivity index (χ4v) is 2.17. The minimum Gasteiger partial charge on any atom is -0.379 e. The van der Waals surface area contributed by atoms with Crippen LogP contribution in [0.5, 0.6) is 0 Å². The third-order valence-electron chi connectivity index (χ3n) is 3.43. The van der Waals surface area contributed by atoms with Crippen LogP contribution in [-0.2, 0) is 9.47 Å². The minimum absolute atomic E-state index is 0.734. The zero-order chi connectivity index (χ0) is 14.9. The molecule has 0 saturated carbocycles. The van der Waals surface area contributed by atoms with Crippen molar-refractivity contribution in [2.75, 3.05) is 46.1 Å². The molecule has 122 valence electrons. The molecule has 0 unspecified atom stereocenters. The summed E-state index contributed by atoms with van der Waals surface area (Å²) in [4.78, 5) is 2.57. The van der Waals surface area contributed by atoms with E-state index in [1.807, 2.05) is 0 Å². The molecule has 0 aliphatic heterocycles. The molecule has 0 aromatic heterocycles. The van der Waals surface area contributed by atoms with Gasteiger partial charge < -0.3 is 14.4 Å². The van der Waals surface area contributed by atoms with Gasteiger partial charge in [-0.25, -0.2) is 0 Å². The lowest BCUT2D eigenvalue weighted by Crippen LogP contribution is -2.30. The molecule has 0 atom stereocenters. The normalized spacial score (nSPS) is 11.4. The molecule has 0 saturated heterocycles. The Morgan fingerprint density at radius 2 is 1.10 bits per heavy atom. The average Bonchev–Trinajstić information content (AvgIpc) is 2.46. The molecule has 0 aromatic rings. The largest absolute Gasteiger partial charge is 0.379 e. The molecular weight excluding hydrogens is 250 g/mol. The van der Waals surface area contributed by atoms with Gasteiger partial charge in [-0.3, -0.25) is 0 Å². The smallest absolute Gasteiger partial charge is 0.0701 e. The molecule has 0 N–H and O–H groups in total. The molecule has 3 nitrogen and oxygen atoms in total. The van der Waals surface area contributed by atoms with Crippen LogP contribution in [0.25, 0.3) is 0 Å². The molecule has 0 aliphatic carbocycles. The summed E-state index contributed by atoms with van der Waals surface area (Å²) < 4.78 is 11.1. The van der Waals surface area contributed by atoms with Crippen LogP contribution in [0, 0.1) is 0 Å². The van der Waals surface area contributed by atoms with Crippen molar-refractivity contribution in [1.82, 2.24) is 4.90 Å². The van der Waals surface area contributed by atoms with E-state index in [4.69, 9.17) is 9.47 Å². The molecule has 0 aromatic carbocycles. The van der Waals surface area contributed by atoms with Crippen molar-refractivity contribution in [1.29, 1.82) is 0 Å². The zero-order valence-corrected chi connectivity index (χ0v) is 14.2. The molecule has 20 heavy (non-hydrogen) atoms. The zero-order valence-electron chi connectivity index (χ0n) is 14.2. The Labute approximate surface area is 127 Å². The van der Waals surface area contributed by atoms with Gasteiger partial charge in [0.25, 0.3) is 0 Å². The minimum atomic E-state index is 0.734.